The lowest BCUT2D eigenvalue weighted by atomic mass is 10.2. The van der Waals surface area contributed by atoms with Crippen LogP contribution in [0.2, 0.25) is 0 Å². The van der Waals surface area contributed by atoms with E-state index in [1.165, 1.54) is 60.7 Å². The largest absolute Gasteiger partial charge is 0.408 e. The first-order chi connectivity index (χ1) is 15.0. The summed E-state index contributed by atoms with van der Waals surface area (Å²) in [4.78, 5) is 63.8. The minimum absolute atomic E-state index is 0.0126. The highest BCUT2D eigenvalue weighted by atomic mass is 16.6. The van der Waals surface area contributed by atoms with E-state index in [4.69, 9.17) is 9.94 Å². The third-order valence-corrected chi connectivity index (χ3v) is 3.65. The first-order valence-corrected chi connectivity index (χ1v) is 8.52. The lowest BCUT2D eigenvalue weighted by Crippen LogP contribution is -2.17. The maximum absolute atomic E-state index is 12.2. The van der Waals surface area contributed by atoms with E-state index in [1.54, 1.807) is 0 Å². The molecule has 2 aromatic carbocycles. The lowest BCUT2D eigenvalue weighted by Gasteiger charge is -2.08. The molecule has 0 aliphatic rings. The molecule has 2 aromatic rings. The summed E-state index contributed by atoms with van der Waals surface area (Å²) in [6.45, 7) is 0. The molecule has 0 unspecified atom stereocenters. The first kappa shape index (κ1) is 22.6. The van der Waals surface area contributed by atoms with Crippen LogP contribution < -0.4 is 0 Å². The highest BCUT2D eigenvalue weighted by molar-refractivity contribution is 6.03. The van der Waals surface area contributed by atoms with Crippen LogP contribution in [-0.4, -0.2) is 41.2 Å². The SMILES string of the molecule is O=C=Nc1ccccc1C(=O)OC(=O)CC/C(=N/O)OC(=O)c1ccccc1N=C=O. The molecule has 0 bridgehead atoms. The summed E-state index contributed by atoms with van der Waals surface area (Å²) in [6, 6.07) is 11.4. The van der Waals surface area contributed by atoms with E-state index in [2.05, 4.69) is 19.9 Å². The molecule has 1 N–H and O–H groups in total. The van der Waals surface area contributed by atoms with Gasteiger partial charge < -0.3 is 14.7 Å². The predicted molar refractivity (Wildman–Crippen MR) is 103 cm³/mol. The van der Waals surface area contributed by atoms with Crippen molar-refractivity contribution in [3.8, 4) is 0 Å². The molecular formula is C20H13N3O8. The molecule has 0 atom stereocenters. The quantitative estimate of drug-likeness (QED) is 0.135. The third-order valence-electron chi connectivity index (χ3n) is 3.65. The first-order valence-electron chi connectivity index (χ1n) is 8.52. The summed E-state index contributed by atoms with van der Waals surface area (Å²) in [5, 5.41) is 11.8. The van der Waals surface area contributed by atoms with Crippen molar-refractivity contribution in [1.82, 2.24) is 0 Å². The molecule has 0 saturated heterocycles. The summed E-state index contributed by atoms with van der Waals surface area (Å²) in [5.41, 5.74) is -0.272. The Labute approximate surface area is 174 Å². The van der Waals surface area contributed by atoms with Crippen LogP contribution >= 0.6 is 0 Å². The smallest absolute Gasteiger partial charge is 0.348 e. The number of hydrogen-bond acceptors (Lipinski definition) is 11. The third kappa shape index (κ3) is 6.40. The number of benzene rings is 2. The fourth-order valence-corrected chi connectivity index (χ4v) is 2.29. The minimum Gasteiger partial charge on any atom is -0.408 e. The average Bonchev–Trinajstić information content (AvgIpc) is 2.77. The van der Waals surface area contributed by atoms with Gasteiger partial charge >= 0.3 is 17.9 Å². The number of carbonyl (C=O) groups excluding carboxylic acids is 5. The zero-order valence-corrected chi connectivity index (χ0v) is 15.7. The Balaban J connectivity index is 1.98. The summed E-state index contributed by atoms with van der Waals surface area (Å²) in [7, 11) is 0. The normalized spacial score (nSPS) is 10.3. The number of carbonyl (C=O) groups is 3. The summed E-state index contributed by atoms with van der Waals surface area (Å²) in [6.07, 6.45) is 1.72. The fraction of sp³-hybridized carbons (Fsp3) is 0.100. The van der Waals surface area contributed by atoms with Gasteiger partial charge in [0.1, 0.15) is 0 Å². The van der Waals surface area contributed by atoms with Gasteiger partial charge in [-0.25, -0.2) is 19.2 Å². The van der Waals surface area contributed by atoms with Crippen LogP contribution in [0.4, 0.5) is 11.4 Å². The zero-order valence-electron chi connectivity index (χ0n) is 15.7. The number of hydrogen-bond donors (Lipinski definition) is 1. The number of aliphatic imine (C=N–C) groups is 2. The topological polar surface area (TPSA) is 161 Å². The molecule has 0 fully saturated rings. The Kier molecular flexibility index (Phi) is 8.24. The Morgan fingerprint density at radius 1 is 0.774 bits per heavy atom. The van der Waals surface area contributed by atoms with Gasteiger partial charge in [0, 0.05) is 6.42 Å². The molecule has 2 rings (SSSR count). The molecular weight excluding hydrogens is 410 g/mol. The van der Waals surface area contributed by atoms with Crippen LogP contribution in [0.5, 0.6) is 0 Å². The Morgan fingerprint density at radius 3 is 1.74 bits per heavy atom. The molecule has 156 valence electrons. The van der Waals surface area contributed by atoms with Crippen LogP contribution in [0.15, 0.2) is 63.7 Å². The summed E-state index contributed by atoms with van der Waals surface area (Å²) >= 11 is 0. The van der Waals surface area contributed by atoms with Gasteiger partial charge in [0.2, 0.25) is 18.1 Å². The molecule has 0 saturated carbocycles. The molecule has 11 nitrogen and oxygen atoms in total. The van der Waals surface area contributed by atoms with Crippen molar-refractivity contribution in [3.05, 3.63) is 59.7 Å². The molecule has 0 radical (unpaired) electrons. The standard InChI is InChI=1S/C20H13N3O8/c24-11-21-15-7-3-1-5-13(15)19(27)30-17(23-29)9-10-18(26)31-20(28)14-6-2-4-8-16(14)22-12-25/h1-8,29H,9-10H2/b23-17-. The maximum atomic E-state index is 12.2. The van der Waals surface area contributed by atoms with E-state index in [-0.39, 0.29) is 28.9 Å². The maximum Gasteiger partial charge on any atom is 0.348 e. The van der Waals surface area contributed by atoms with E-state index in [1.807, 2.05) is 0 Å². The van der Waals surface area contributed by atoms with Crippen molar-refractivity contribution >= 4 is 47.3 Å². The number of ether oxygens (including phenoxy) is 2. The number of rotatable bonds is 7. The summed E-state index contributed by atoms with van der Waals surface area (Å²) in [5.74, 6) is -3.60. The lowest BCUT2D eigenvalue weighted by molar-refractivity contribution is -0.137. The predicted octanol–water partition coefficient (Wildman–Crippen LogP) is 2.73. The highest BCUT2D eigenvalue weighted by Crippen LogP contribution is 2.20. The highest BCUT2D eigenvalue weighted by Gasteiger charge is 2.20. The van der Waals surface area contributed by atoms with Gasteiger partial charge in [0.05, 0.1) is 28.9 Å². The Bertz CT molecular complexity index is 1130. The number of para-hydroxylation sites is 2. The molecule has 11 heteroatoms. The Hall–Kier alpha value is -4.72. The molecule has 0 amide bonds. The molecule has 0 heterocycles. The second-order valence-corrected chi connectivity index (χ2v) is 5.59. The van der Waals surface area contributed by atoms with Gasteiger partial charge in [-0.05, 0) is 24.3 Å². The van der Waals surface area contributed by atoms with Gasteiger partial charge in [0.25, 0.3) is 0 Å². The van der Waals surface area contributed by atoms with Crippen LogP contribution in [0.1, 0.15) is 33.6 Å². The van der Waals surface area contributed by atoms with Gasteiger partial charge in [-0.2, -0.15) is 9.98 Å². The van der Waals surface area contributed by atoms with Crippen molar-refractivity contribution in [3.63, 3.8) is 0 Å². The van der Waals surface area contributed by atoms with E-state index in [0.29, 0.717) is 0 Å². The minimum atomic E-state index is -1.06. The Morgan fingerprint density at radius 2 is 1.26 bits per heavy atom. The monoisotopic (exact) mass is 423 g/mol. The van der Waals surface area contributed by atoms with Crippen molar-refractivity contribution in [2.45, 2.75) is 12.8 Å². The molecule has 31 heavy (non-hydrogen) atoms. The van der Waals surface area contributed by atoms with Gasteiger partial charge in [-0.3, -0.25) is 4.79 Å². The molecule has 0 spiro atoms. The summed E-state index contributed by atoms with van der Waals surface area (Å²) < 4.78 is 9.54. The second kappa shape index (κ2) is 11.3. The van der Waals surface area contributed by atoms with Crippen LogP contribution in [-0.2, 0) is 23.9 Å². The zero-order chi connectivity index (χ0) is 22.6. The van der Waals surface area contributed by atoms with Crippen LogP contribution in [0, 0.1) is 0 Å². The second-order valence-electron chi connectivity index (χ2n) is 5.59. The fourth-order valence-electron chi connectivity index (χ4n) is 2.29. The number of nitrogens with zero attached hydrogens (tertiary/aromatic N) is 3. The number of oxime groups is 1. The number of esters is 3. The van der Waals surface area contributed by atoms with Crippen molar-refractivity contribution in [2.75, 3.05) is 0 Å². The van der Waals surface area contributed by atoms with E-state index in [9.17, 15) is 24.0 Å². The van der Waals surface area contributed by atoms with Crippen molar-refractivity contribution in [2.24, 2.45) is 15.1 Å². The van der Waals surface area contributed by atoms with E-state index < -0.39 is 30.2 Å². The van der Waals surface area contributed by atoms with Gasteiger partial charge in [0.15, 0.2) is 0 Å². The molecule has 0 aliphatic heterocycles. The van der Waals surface area contributed by atoms with Crippen LogP contribution in [0.3, 0.4) is 0 Å². The van der Waals surface area contributed by atoms with Crippen LogP contribution in [0.25, 0.3) is 0 Å². The van der Waals surface area contributed by atoms with E-state index >= 15 is 0 Å². The average molecular weight is 423 g/mol. The van der Waals surface area contributed by atoms with Crippen molar-refractivity contribution in [1.29, 1.82) is 0 Å². The van der Waals surface area contributed by atoms with Crippen molar-refractivity contribution < 1.29 is 38.7 Å². The molecule has 0 aliphatic carbocycles. The molecule has 0 aromatic heterocycles. The van der Waals surface area contributed by atoms with Gasteiger partial charge in [-0.15, -0.1) is 0 Å². The van der Waals surface area contributed by atoms with E-state index in [0.717, 1.165) is 0 Å². The van der Waals surface area contributed by atoms with Gasteiger partial charge in [-0.1, -0.05) is 29.4 Å². The number of isocyanates is 2.